The van der Waals surface area contributed by atoms with Crippen LogP contribution in [0.2, 0.25) is 0 Å². The minimum atomic E-state index is -5.86. The second kappa shape index (κ2) is 7.58. The highest BCUT2D eigenvalue weighted by Gasteiger charge is 2.59. The normalized spacial score (nSPS) is 14.3. The lowest BCUT2D eigenvalue weighted by atomic mass is 10.1. The average molecular weight is 472 g/mol. The summed E-state index contributed by atoms with van der Waals surface area (Å²) in [6.45, 7) is 1.46. The molecule has 31 heavy (non-hydrogen) atoms. The second-order valence-corrected chi connectivity index (χ2v) is 8.04. The van der Waals surface area contributed by atoms with E-state index in [1.165, 1.54) is 14.0 Å². The molecule has 0 radical (unpaired) electrons. The van der Waals surface area contributed by atoms with Crippen LogP contribution in [0.15, 0.2) is 29.4 Å². The first-order valence-corrected chi connectivity index (χ1v) is 9.73. The topological polar surface area (TPSA) is 66.7 Å². The highest BCUT2D eigenvalue weighted by molar-refractivity contribution is 7.91. The van der Waals surface area contributed by atoms with Crippen LogP contribution in [0.3, 0.4) is 0 Å². The lowest BCUT2D eigenvalue weighted by molar-refractivity contribution is -0.289. The summed E-state index contributed by atoms with van der Waals surface area (Å²) in [5.41, 5.74) is -3.33. The molecule has 3 aromatic heterocycles. The van der Waals surface area contributed by atoms with Gasteiger partial charge in [0.1, 0.15) is 11.3 Å². The molecule has 0 saturated heterocycles. The number of aromatic nitrogens is 4. The molecule has 0 aliphatic heterocycles. The SMILES string of the molecule is CC[S+]([O-])c1cc(C(F)(F)F)cnc1-c1nc2cc(C(F)(F)C(F)(F)F)cnc2n1C. The van der Waals surface area contributed by atoms with Crippen molar-refractivity contribution in [3.63, 3.8) is 0 Å². The van der Waals surface area contributed by atoms with Crippen LogP contribution in [0.25, 0.3) is 22.7 Å². The number of pyridine rings is 2. The summed E-state index contributed by atoms with van der Waals surface area (Å²) in [6.07, 6.45) is -9.79. The molecule has 0 spiro atoms. The van der Waals surface area contributed by atoms with Gasteiger partial charge >= 0.3 is 18.3 Å². The van der Waals surface area contributed by atoms with Gasteiger partial charge in [0.2, 0.25) is 0 Å². The Labute approximate surface area is 172 Å². The summed E-state index contributed by atoms with van der Waals surface area (Å²) in [5.74, 6) is -5.44. The number of aryl methyl sites for hydroxylation is 1. The first kappa shape index (κ1) is 23.2. The first-order valence-electron chi connectivity index (χ1n) is 8.42. The molecule has 0 N–H and O–H groups in total. The maximum atomic E-state index is 13.6. The standard InChI is InChI=1S/C17H12F8N4OS/c1-3-31(30)11-5-9(16(20,21)22)7-26-12(11)14-28-10-4-8(6-27-13(10)29(14)2)15(18,19)17(23,24)25/h4-7H,3H2,1-2H3. The van der Waals surface area contributed by atoms with E-state index in [-0.39, 0.29) is 33.3 Å². The molecule has 0 aliphatic carbocycles. The lowest BCUT2D eigenvalue weighted by Gasteiger charge is -2.19. The zero-order valence-corrected chi connectivity index (χ0v) is 16.5. The number of alkyl halides is 8. The smallest absolute Gasteiger partial charge is 0.458 e. The van der Waals surface area contributed by atoms with E-state index in [0.29, 0.717) is 24.5 Å². The van der Waals surface area contributed by atoms with Crippen LogP contribution in [0.5, 0.6) is 0 Å². The van der Waals surface area contributed by atoms with Gasteiger partial charge in [0.05, 0.1) is 11.1 Å². The molecule has 3 heterocycles. The van der Waals surface area contributed by atoms with E-state index in [0.717, 1.165) is 4.57 Å². The summed E-state index contributed by atoms with van der Waals surface area (Å²) < 4.78 is 118. The Kier molecular flexibility index (Phi) is 5.67. The largest absolute Gasteiger partial charge is 0.611 e. The molecule has 14 heteroatoms. The molecule has 0 fully saturated rings. The Morgan fingerprint density at radius 2 is 1.58 bits per heavy atom. The molecule has 0 amide bonds. The van der Waals surface area contributed by atoms with Gasteiger partial charge in [0, 0.05) is 25.5 Å². The van der Waals surface area contributed by atoms with Crippen molar-refractivity contribution in [2.75, 3.05) is 5.75 Å². The van der Waals surface area contributed by atoms with Crippen molar-refractivity contribution in [1.29, 1.82) is 0 Å². The number of hydrogen-bond donors (Lipinski definition) is 0. The summed E-state index contributed by atoms with van der Waals surface area (Å²) in [7, 11) is 1.32. The summed E-state index contributed by atoms with van der Waals surface area (Å²) in [4.78, 5) is 10.9. The van der Waals surface area contributed by atoms with Crippen molar-refractivity contribution in [1.82, 2.24) is 19.5 Å². The predicted octanol–water partition coefficient (Wildman–Crippen LogP) is 4.83. The number of halogens is 8. The Morgan fingerprint density at radius 1 is 0.968 bits per heavy atom. The van der Waals surface area contributed by atoms with E-state index >= 15 is 0 Å². The fourth-order valence-electron chi connectivity index (χ4n) is 2.72. The van der Waals surface area contributed by atoms with Gasteiger partial charge in [-0.2, -0.15) is 35.1 Å². The van der Waals surface area contributed by atoms with Crippen molar-refractivity contribution in [2.45, 2.75) is 30.1 Å². The second-order valence-electron chi connectivity index (χ2n) is 6.34. The van der Waals surface area contributed by atoms with Crippen LogP contribution < -0.4 is 0 Å². The zero-order chi connectivity index (χ0) is 23.4. The molecule has 3 rings (SSSR count). The zero-order valence-electron chi connectivity index (χ0n) is 15.6. The van der Waals surface area contributed by atoms with Crippen LogP contribution in [0.1, 0.15) is 18.1 Å². The van der Waals surface area contributed by atoms with Gasteiger partial charge in [-0.3, -0.25) is 0 Å². The lowest BCUT2D eigenvalue weighted by Crippen LogP contribution is -2.33. The van der Waals surface area contributed by atoms with E-state index in [2.05, 4.69) is 15.0 Å². The maximum Gasteiger partial charge on any atom is 0.458 e. The summed E-state index contributed by atoms with van der Waals surface area (Å²) >= 11 is -1.91. The van der Waals surface area contributed by atoms with Crippen LogP contribution in [-0.2, 0) is 30.3 Å². The van der Waals surface area contributed by atoms with E-state index < -0.39 is 40.6 Å². The molecular weight excluding hydrogens is 460 g/mol. The van der Waals surface area contributed by atoms with Crippen molar-refractivity contribution >= 4 is 22.3 Å². The molecule has 3 aromatic rings. The average Bonchev–Trinajstić information content (AvgIpc) is 3.01. The molecule has 0 saturated carbocycles. The molecule has 0 bridgehead atoms. The van der Waals surface area contributed by atoms with Gasteiger partial charge in [-0.15, -0.1) is 0 Å². The minimum absolute atomic E-state index is 0.0554. The fourth-order valence-corrected chi connectivity index (χ4v) is 3.65. The number of fused-ring (bicyclic) bond motifs is 1. The third-order valence-electron chi connectivity index (χ3n) is 4.33. The van der Waals surface area contributed by atoms with Gasteiger partial charge in [0.15, 0.2) is 22.1 Å². The highest BCUT2D eigenvalue weighted by atomic mass is 32.2. The monoisotopic (exact) mass is 472 g/mol. The molecule has 1 atom stereocenters. The van der Waals surface area contributed by atoms with Gasteiger partial charge in [-0.25, -0.2) is 15.0 Å². The van der Waals surface area contributed by atoms with Crippen LogP contribution in [-0.4, -0.2) is 36.0 Å². The molecule has 0 aliphatic rings. The minimum Gasteiger partial charge on any atom is -0.611 e. The van der Waals surface area contributed by atoms with Crippen molar-refractivity contribution in [3.05, 3.63) is 35.7 Å². The van der Waals surface area contributed by atoms with Gasteiger partial charge < -0.3 is 9.12 Å². The highest BCUT2D eigenvalue weighted by Crippen LogP contribution is 2.44. The number of rotatable bonds is 4. The maximum absolute atomic E-state index is 13.6. The third kappa shape index (κ3) is 4.05. The molecule has 1 unspecified atom stereocenters. The Bertz CT molecular complexity index is 1130. The van der Waals surface area contributed by atoms with Crippen LogP contribution >= 0.6 is 0 Å². The molecule has 0 aromatic carbocycles. The quantitative estimate of drug-likeness (QED) is 0.403. The van der Waals surface area contributed by atoms with Gasteiger partial charge in [0.25, 0.3) is 0 Å². The molecular formula is C17H12F8N4OS. The van der Waals surface area contributed by atoms with Gasteiger partial charge in [-0.05, 0) is 24.2 Å². The molecule has 5 nitrogen and oxygen atoms in total. The summed E-state index contributed by atoms with van der Waals surface area (Å²) in [5, 5.41) is 0. The van der Waals surface area contributed by atoms with E-state index in [1.807, 2.05) is 0 Å². The third-order valence-corrected chi connectivity index (χ3v) is 5.65. The summed E-state index contributed by atoms with van der Waals surface area (Å²) in [6, 6.07) is 1.12. The fraction of sp³-hybridized carbons (Fsp3) is 0.353. The first-order chi connectivity index (χ1) is 14.2. The van der Waals surface area contributed by atoms with E-state index in [1.54, 1.807) is 0 Å². The predicted molar refractivity (Wildman–Crippen MR) is 93.6 cm³/mol. The van der Waals surface area contributed by atoms with Crippen LogP contribution in [0.4, 0.5) is 35.1 Å². The number of hydrogen-bond acceptors (Lipinski definition) is 4. The van der Waals surface area contributed by atoms with Crippen molar-refractivity contribution in [2.24, 2.45) is 7.05 Å². The van der Waals surface area contributed by atoms with Crippen LogP contribution in [0, 0.1) is 0 Å². The van der Waals surface area contributed by atoms with Crippen molar-refractivity contribution < 1.29 is 39.7 Å². The Balaban J connectivity index is 2.21. The molecule has 168 valence electrons. The Hall–Kier alpha value is -2.48. The van der Waals surface area contributed by atoms with Crippen molar-refractivity contribution in [3.8, 4) is 11.5 Å². The number of nitrogens with zero attached hydrogens (tertiary/aromatic N) is 4. The van der Waals surface area contributed by atoms with Gasteiger partial charge in [-0.1, -0.05) is 0 Å². The number of imidazole rings is 1. The van der Waals surface area contributed by atoms with E-state index in [4.69, 9.17) is 0 Å². The van der Waals surface area contributed by atoms with E-state index in [9.17, 15) is 39.7 Å². The Morgan fingerprint density at radius 3 is 2.13 bits per heavy atom.